The van der Waals surface area contributed by atoms with Gasteiger partial charge < -0.3 is 28.8 Å². The second-order valence-electron chi connectivity index (χ2n) is 12.6. The van der Waals surface area contributed by atoms with E-state index in [1.807, 2.05) is 55.7 Å². The van der Waals surface area contributed by atoms with Crippen LogP contribution in [-0.4, -0.2) is 86.4 Å². The van der Waals surface area contributed by atoms with Gasteiger partial charge in [0, 0.05) is 42.8 Å². The van der Waals surface area contributed by atoms with Crippen molar-refractivity contribution in [2.24, 2.45) is 0 Å². The van der Waals surface area contributed by atoms with Gasteiger partial charge in [0.25, 0.3) is 0 Å². The number of imidazole rings is 1. The minimum atomic E-state index is -1.11. The van der Waals surface area contributed by atoms with Crippen LogP contribution in [0.3, 0.4) is 0 Å². The molecule has 1 amide bonds. The van der Waals surface area contributed by atoms with Crippen LogP contribution < -0.4 is 4.74 Å². The molecular weight excluding hydrogens is 568 g/mol. The summed E-state index contributed by atoms with van der Waals surface area (Å²) in [6.07, 6.45) is 11.1. The molecule has 10 nitrogen and oxygen atoms in total. The maximum Gasteiger partial charge on any atom is 0.410 e. The molecule has 11 heteroatoms. The van der Waals surface area contributed by atoms with Crippen molar-refractivity contribution in [3.63, 3.8) is 0 Å². The Bertz CT molecular complexity index is 1390. The van der Waals surface area contributed by atoms with Crippen LogP contribution in [-0.2, 0) is 22.8 Å². The van der Waals surface area contributed by atoms with Crippen LogP contribution in [0.4, 0.5) is 4.79 Å². The quantitative estimate of drug-likeness (QED) is 0.262. The Morgan fingerprint density at radius 1 is 1.09 bits per heavy atom. The predicted molar refractivity (Wildman–Crippen MR) is 169 cm³/mol. The standard InChI is InChI=1S/C32H44N4O6S/c1-32(2,3)42-31(39)35-15-12-24(13-16-35)26-20-25(30(37)38)28(41-21-23-10-8-7-9-11-23)27(34-26)29-33-14-17-36(29)22-40-18-19-43(4,5)6/h7-11,14,17,20,24H,12-13,15-16,18-19,21-22H2,1-6H3,(H,37,38). The number of carboxylic acid groups (broad SMARTS) is 1. The van der Waals surface area contributed by atoms with E-state index in [-0.39, 0.29) is 36.7 Å². The number of pyridine rings is 1. The first kappa shape index (κ1) is 32.3. The summed E-state index contributed by atoms with van der Waals surface area (Å²) in [5.41, 5.74) is 1.35. The number of hydrogen-bond donors (Lipinski definition) is 1. The minimum Gasteiger partial charge on any atom is -0.486 e. The van der Waals surface area contributed by atoms with Gasteiger partial charge in [0.05, 0.1) is 6.61 Å². The van der Waals surface area contributed by atoms with E-state index in [0.717, 1.165) is 11.3 Å². The molecule has 4 rings (SSSR count). The first-order chi connectivity index (χ1) is 20.3. The molecule has 0 bridgehead atoms. The lowest BCUT2D eigenvalue weighted by Gasteiger charge is -2.33. The third-order valence-corrected chi connectivity index (χ3v) is 8.40. The number of amides is 1. The molecule has 0 radical (unpaired) electrons. The molecule has 1 aliphatic heterocycles. The number of carbonyl (C=O) groups excluding carboxylic acids is 1. The number of benzene rings is 1. The zero-order valence-electron chi connectivity index (χ0n) is 26.0. The Morgan fingerprint density at radius 2 is 1.79 bits per heavy atom. The number of nitrogens with zero attached hydrogens (tertiary/aromatic N) is 4. The van der Waals surface area contributed by atoms with E-state index in [9.17, 15) is 14.7 Å². The van der Waals surface area contributed by atoms with Gasteiger partial charge in [-0.2, -0.15) is 0 Å². The summed E-state index contributed by atoms with van der Waals surface area (Å²) < 4.78 is 19.6. The van der Waals surface area contributed by atoms with Gasteiger partial charge in [-0.1, -0.05) is 30.3 Å². The molecule has 3 heterocycles. The van der Waals surface area contributed by atoms with Gasteiger partial charge in [-0.3, -0.25) is 0 Å². The van der Waals surface area contributed by atoms with Gasteiger partial charge in [-0.15, -0.1) is 0 Å². The fourth-order valence-electron chi connectivity index (χ4n) is 4.74. The molecule has 2 aromatic heterocycles. The van der Waals surface area contributed by atoms with Crippen molar-refractivity contribution in [2.45, 2.75) is 58.5 Å². The molecule has 1 saturated heterocycles. The Balaban J connectivity index is 1.65. The van der Waals surface area contributed by atoms with E-state index < -0.39 is 21.6 Å². The van der Waals surface area contributed by atoms with Crippen molar-refractivity contribution in [1.29, 1.82) is 0 Å². The third-order valence-electron chi connectivity index (χ3n) is 7.01. The largest absolute Gasteiger partial charge is 0.486 e. The second-order valence-corrected chi connectivity index (χ2v) is 17.2. The molecule has 0 unspecified atom stereocenters. The highest BCUT2D eigenvalue weighted by Gasteiger charge is 2.31. The summed E-state index contributed by atoms with van der Waals surface area (Å²) in [7, 11) is -0.700. The van der Waals surface area contributed by atoms with Crippen molar-refractivity contribution in [1.82, 2.24) is 19.4 Å². The number of aromatic nitrogens is 3. The number of carbonyl (C=O) groups is 2. The third kappa shape index (κ3) is 9.21. The number of carboxylic acids is 1. The van der Waals surface area contributed by atoms with Crippen LogP contribution in [0.1, 0.15) is 61.1 Å². The maximum atomic E-state index is 12.6. The number of piperidine rings is 1. The predicted octanol–water partition coefficient (Wildman–Crippen LogP) is 6.00. The Hall–Kier alpha value is -3.57. The zero-order valence-corrected chi connectivity index (χ0v) is 26.9. The van der Waals surface area contributed by atoms with Gasteiger partial charge in [0.2, 0.25) is 0 Å². The van der Waals surface area contributed by atoms with Crippen LogP contribution >= 0.6 is 10.0 Å². The molecule has 1 fully saturated rings. The highest BCUT2D eigenvalue weighted by molar-refractivity contribution is 8.32. The normalized spacial score (nSPS) is 14.9. The highest BCUT2D eigenvalue weighted by atomic mass is 32.3. The van der Waals surface area contributed by atoms with Crippen LogP contribution in [0.15, 0.2) is 48.8 Å². The molecule has 1 N–H and O–H groups in total. The molecule has 234 valence electrons. The molecule has 3 aromatic rings. The van der Waals surface area contributed by atoms with Gasteiger partial charge in [0.15, 0.2) is 11.6 Å². The summed E-state index contributed by atoms with van der Waals surface area (Å²) in [4.78, 5) is 36.5. The van der Waals surface area contributed by atoms with Crippen LogP contribution in [0, 0.1) is 0 Å². The molecule has 0 atom stereocenters. The van der Waals surface area contributed by atoms with Gasteiger partial charge >= 0.3 is 12.1 Å². The molecule has 0 spiro atoms. The van der Waals surface area contributed by atoms with E-state index >= 15 is 0 Å². The number of rotatable bonds is 11. The highest BCUT2D eigenvalue weighted by Crippen LogP contribution is 2.37. The summed E-state index contributed by atoms with van der Waals surface area (Å²) in [5, 5.41) is 10.3. The van der Waals surface area contributed by atoms with Gasteiger partial charge in [-0.05, 0) is 64.0 Å². The number of hydrogen-bond acceptors (Lipinski definition) is 7. The van der Waals surface area contributed by atoms with E-state index in [4.69, 9.17) is 19.2 Å². The number of aromatic carboxylic acids is 1. The summed E-state index contributed by atoms with van der Waals surface area (Å²) in [5.74, 6) is 0.454. The van der Waals surface area contributed by atoms with E-state index in [1.54, 1.807) is 23.4 Å². The lowest BCUT2D eigenvalue weighted by molar-refractivity contribution is 0.0204. The molecule has 1 aromatic carbocycles. The summed E-state index contributed by atoms with van der Waals surface area (Å²) in [6, 6.07) is 11.2. The lowest BCUT2D eigenvalue weighted by Crippen LogP contribution is -2.41. The topological polar surface area (TPSA) is 116 Å². The average molecular weight is 613 g/mol. The van der Waals surface area contributed by atoms with Gasteiger partial charge in [0.1, 0.15) is 30.2 Å². The monoisotopic (exact) mass is 612 g/mol. The van der Waals surface area contributed by atoms with Crippen molar-refractivity contribution >= 4 is 22.1 Å². The first-order valence-corrected chi connectivity index (χ1v) is 17.5. The fraction of sp³-hybridized carbons (Fsp3) is 0.500. The SMILES string of the molecule is CC(C)(C)OC(=O)N1CCC(c2cc(C(=O)O)c(OCc3ccccc3)c(-c3nccn3COCCS(C)(C)C)n2)CC1. The Labute approximate surface area is 255 Å². The number of likely N-dealkylation sites (tertiary alicyclic amines) is 1. The van der Waals surface area contributed by atoms with Crippen molar-refractivity contribution in [2.75, 3.05) is 44.2 Å². The second kappa shape index (κ2) is 13.8. The van der Waals surface area contributed by atoms with Crippen molar-refractivity contribution in [3.8, 4) is 17.3 Å². The maximum absolute atomic E-state index is 12.6. The smallest absolute Gasteiger partial charge is 0.410 e. The molecule has 43 heavy (non-hydrogen) atoms. The van der Waals surface area contributed by atoms with E-state index in [2.05, 4.69) is 23.8 Å². The molecule has 0 aliphatic carbocycles. The molecule has 1 aliphatic rings. The molecule has 0 saturated carbocycles. The van der Waals surface area contributed by atoms with E-state index in [0.29, 0.717) is 49.8 Å². The Kier molecular flexibility index (Phi) is 10.4. The minimum absolute atomic E-state index is 0.0253. The Morgan fingerprint density at radius 3 is 2.42 bits per heavy atom. The van der Waals surface area contributed by atoms with Gasteiger partial charge in [-0.25, -0.2) is 29.6 Å². The summed E-state index contributed by atoms with van der Waals surface area (Å²) >= 11 is 0. The summed E-state index contributed by atoms with van der Waals surface area (Å²) in [6.45, 7) is 7.56. The first-order valence-electron chi connectivity index (χ1n) is 14.5. The van der Waals surface area contributed by atoms with Crippen molar-refractivity contribution < 1.29 is 28.9 Å². The number of ether oxygens (including phenoxy) is 3. The van der Waals surface area contributed by atoms with Crippen LogP contribution in [0.25, 0.3) is 11.5 Å². The lowest BCUT2D eigenvalue weighted by atomic mass is 9.92. The van der Waals surface area contributed by atoms with Crippen molar-refractivity contribution in [3.05, 3.63) is 65.6 Å². The fourth-order valence-corrected chi connectivity index (χ4v) is 5.35. The molecular formula is C32H44N4O6S. The van der Waals surface area contributed by atoms with Crippen LogP contribution in [0.2, 0.25) is 0 Å². The van der Waals surface area contributed by atoms with E-state index in [1.165, 1.54) is 0 Å². The van der Waals surface area contributed by atoms with Crippen LogP contribution in [0.5, 0.6) is 5.75 Å². The zero-order chi connectivity index (χ0) is 31.2. The average Bonchev–Trinajstić information content (AvgIpc) is 3.41.